The first-order valence-corrected chi connectivity index (χ1v) is 8.58. The van der Waals surface area contributed by atoms with Crippen LogP contribution in [-0.4, -0.2) is 35.4 Å². The van der Waals surface area contributed by atoms with Gasteiger partial charge < -0.3 is 9.64 Å². The normalized spacial score (nSPS) is 16.9. The number of rotatable bonds is 3. The molecule has 1 aromatic heterocycles. The molecule has 0 bridgehead atoms. The highest BCUT2D eigenvalue weighted by Gasteiger charge is 2.33. The third-order valence-electron chi connectivity index (χ3n) is 4.03. The molecule has 24 heavy (non-hydrogen) atoms. The van der Waals surface area contributed by atoms with Crippen molar-refractivity contribution in [3.8, 4) is 5.75 Å². The molecule has 2 amide bonds. The highest BCUT2D eigenvalue weighted by molar-refractivity contribution is 7.15. The number of thiazole rings is 1. The topological polar surface area (TPSA) is 71.5 Å². The maximum Gasteiger partial charge on any atom is 0.315 e. The molecule has 7 heteroatoms. The van der Waals surface area contributed by atoms with Gasteiger partial charge in [-0.25, -0.2) is 4.98 Å². The number of anilines is 1. The van der Waals surface area contributed by atoms with Crippen molar-refractivity contribution < 1.29 is 14.3 Å². The van der Waals surface area contributed by atoms with E-state index in [0.29, 0.717) is 11.7 Å². The summed E-state index contributed by atoms with van der Waals surface area (Å²) in [5.41, 5.74) is 0.984. The first-order chi connectivity index (χ1) is 11.6. The first kappa shape index (κ1) is 16.4. The summed E-state index contributed by atoms with van der Waals surface area (Å²) in [6.45, 7) is 2.47. The van der Waals surface area contributed by atoms with Crippen LogP contribution in [0.2, 0.25) is 0 Å². The average Bonchev–Trinajstić information content (AvgIpc) is 3.23. The van der Waals surface area contributed by atoms with Gasteiger partial charge in [0.25, 0.3) is 0 Å². The Morgan fingerprint density at radius 2 is 2.25 bits per heavy atom. The fourth-order valence-electron chi connectivity index (χ4n) is 2.90. The molecule has 1 saturated heterocycles. The van der Waals surface area contributed by atoms with E-state index in [1.807, 2.05) is 31.2 Å². The zero-order valence-corrected chi connectivity index (χ0v) is 14.4. The monoisotopic (exact) mass is 345 g/mol. The Kier molecular flexibility index (Phi) is 4.80. The maximum absolute atomic E-state index is 12.6. The number of benzene rings is 1. The minimum atomic E-state index is -0.640. The molecule has 1 atom stereocenters. The van der Waals surface area contributed by atoms with Crippen molar-refractivity contribution in [2.45, 2.75) is 25.8 Å². The van der Waals surface area contributed by atoms with Crippen LogP contribution < -0.4 is 10.1 Å². The smallest absolute Gasteiger partial charge is 0.315 e. The molecule has 2 aromatic rings. The minimum Gasteiger partial charge on any atom is -0.497 e. The molecule has 1 N–H and O–H groups in total. The van der Waals surface area contributed by atoms with E-state index >= 15 is 0 Å². The van der Waals surface area contributed by atoms with Crippen LogP contribution in [0.4, 0.5) is 5.13 Å². The van der Waals surface area contributed by atoms with E-state index in [1.165, 1.54) is 11.3 Å². The lowest BCUT2D eigenvalue weighted by molar-refractivity contribution is -0.143. The Morgan fingerprint density at radius 1 is 1.42 bits per heavy atom. The summed E-state index contributed by atoms with van der Waals surface area (Å²) in [5, 5.41) is 3.03. The van der Waals surface area contributed by atoms with Gasteiger partial charge in [0.1, 0.15) is 5.75 Å². The second-order valence-electron chi connectivity index (χ2n) is 5.66. The van der Waals surface area contributed by atoms with E-state index < -0.39 is 11.8 Å². The Hall–Kier alpha value is -2.41. The van der Waals surface area contributed by atoms with Crippen LogP contribution in [0.5, 0.6) is 5.75 Å². The minimum absolute atomic E-state index is 0.101. The molecule has 0 unspecified atom stereocenters. The Labute approximate surface area is 144 Å². The molecule has 126 valence electrons. The third kappa shape index (κ3) is 3.41. The molecule has 1 aliphatic heterocycles. The highest BCUT2D eigenvalue weighted by Crippen LogP contribution is 2.33. The number of ether oxygens (including phenoxy) is 1. The summed E-state index contributed by atoms with van der Waals surface area (Å²) >= 11 is 1.35. The van der Waals surface area contributed by atoms with Crippen molar-refractivity contribution in [2.24, 2.45) is 0 Å². The number of aryl methyl sites for hydroxylation is 1. The number of aromatic nitrogens is 1. The van der Waals surface area contributed by atoms with Gasteiger partial charge in [-0.2, -0.15) is 0 Å². The second-order valence-corrected chi connectivity index (χ2v) is 6.90. The first-order valence-electron chi connectivity index (χ1n) is 7.77. The molecule has 6 nitrogen and oxygen atoms in total. The Bertz CT molecular complexity index is 759. The molecule has 1 fully saturated rings. The summed E-state index contributed by atoms with van der Waals surface area (Å²) in [6, 6.07) is 7.53. The molecular formula is C17H19N3O3S. The van der Waals surface area contributed by atoms with Crippen LogP contribution in [0, 0.1) is 6.92 Å². The van der Waals surface area contributed by atoms with Gasteiger partial charge in [-0.05, 0) is 37.5 Å². The molecule has 0 spiro atoms. The van der Waals surface area contributed by atoms with E-state index in [-0.39, 0.29) is 6.04 Å². The number of nitrogens with zero attached hydrogens (tertiary/aromatic N) is 2. The predicted molar refractivity (Wildman–Crippen MR) is 92.2 cm³/mol. The van der Waals surface area contributed by atoms with Crippen molar-refractivity contribution in [3.63, 3.8) is 0 Å². The van der Waals surface area contributed by atoms with Crippen LogP contribution in [0.1, 0.15) is 29.3 Å². The van der Waals surface area contributed by atoms with Crippen molar-refractivity contribution in [1.82, 2.24) is 9.88 Å². The van der Waals surface area contributed by atoms with E-state index in [9.17, 15) is 9.59 Å². The van der Waals surface area contributed by atoms with E-state index in [2.05, 4.69) is 10.3 Å². The van der Waals surface area contributed by atoms with Crippen molar-refractivity contribution in [1.29, 1.82) is 0 Å². The molecule has 0 radical (unpaired) electrons. The molecule has 0 saturated carbocycles. The lowest BCUT2D eigenvalue weighted by Gasteiger charge is -2.24. The number of methoxy groups -OCH3 is 1. The maximum atomic E-state index is 12.6. The second kappa shape index (κ2) is 7.00. The SMILES string of the molecule is COc1cccc([C@@H]2CCCN2C(=O)C(=O)Nc2ncc(C)s2)c1. The number of likely N-dealkylation sites (tertiary alicyclic amines) is 1. The summed E-state index contributed by atoms with van der Waals surface area (Å²) in [5.74, 6) is -0.415. The van der Waals surface area contributed by atoms with Crippen LogP contribution in [0.3, 0.4) is 0 Å². The lowest BCUT2D eigenvalue weighted by Crippen LogP contribution is -2.39. The van der Waals surface area contributed by atoms with Crippen molar-refractivity contribution in [3.05, 3.63) is 40.9 Å². The largest absolute Gasteiger partial charge is 0.497 e. The number of nitrogens with one attached hydrogen (secondary N) is 1. The summed E-state index contributed by atoms with van der Waals surface area (Å²) in [7, 11) is 1.61. The molecular weight excluding hydrogens is 326 g/mol. The van der Waals surface area contributed by atoms with Gasteiger partial charge in [0.15, 0.2) is 5.13 Å². The van der Waals surface area contributed by atoms with Gasteiger partial charge >= 0.3 is 11.8 Å². The number of amides is 2. The Morgan fingerprint density at radius 3 is 2.96 bits per heavy atom. The van der Waals surface area contributed by atoms with Crippen LogP contribution in [-0.2, 0) is 9.59 Å². The quantitative estimate of drug-likeness (QED) is 0.868. The van der Waals surface area contributed by atoms with Crippen LogP contribution in [0.15, 0.2) is 30.5 Å². The number of hydrogen-bond acceptors (Lipinski definition) is 5. The van der Waals surface area contributed by atoms with Gasteiger partial charge in [-0.1, -0.05) is 12.1 Å². The van der Waals surface area contributed by atoms with Gasteiger partial charge in [-0.15, -0.1) is 11.3 Å². The molecule has 3 rings (SSSR count). The van der Waals surface area contributed by atoms with E-state index in [0.717, 1.165) is 29.0 Å². The van der Waals surface area contributed by atoms with Crippen molar-refractivity contribution >= 4 is 28.3 Å². The number of carbonyl (C=O) groups excluding carboxylic acids is 2. The summed E-state index contributed by atoms with van der Waals surface area (Å²) in [6.07, 6.45) is 3.37. The highest BCUT2D eigenvalue weighted by atomic mass is 32.1. The predicted octanol–water partition coefficient (Wildman–Crippen LogP) is 2.76. The van der Waals surface area contributed by atoms with Gasteiger partial charge in [0.2, 0.25) is 0 Å². The van der Waals surface area contributed by atoms with Gasteiger partial charge in [-0.3, -0.25) is 14.9 Å². The average molecular weight is 345 g/mol. The molecule has 1 aromatic carbocycles. The van der Waals surface area contributed by atoms with Crippen LogP contribution >= 0.6 is 11.3 Å². The van der Waals surface area contributed by atoms with Crippen molar-refractivity contribution in [2.75, 3.05) is 19.0 Å². The molecule has 0 aliphatic carbocycles. The van der Waals surface area contributed by atoms with Crippen LogP contribution in [0.25, 0.3) is 0 Å². The fourth-order valence-corrected chi connectivity index (χ4v) is 3.56. The molecule has 2 heterocycles. The third-order valence-corrected chi connectivity index (χ3v) is 4.86. The van der Waals surface area contributed by atoms with E-state index in [1.54, 1.807) is 18.2 Å². The lowest BCUT2D eigenvalue weighted by atomic mass is 10.0. The zero-order valence-electron chi connectivity index (χ0n) is 13.6. The van der Waals surface area contributed by atoms with E-state index in [4.69, 9.17) is 4.74 Å². The number of hydrogen-bond donors (Lipinski definition) is 1. The molecule has 1 aliphatic rings. The Balaban J connectivity index is 1.74. The van der Waals surface area contributed by atoms with Gasteiger partial charge in [0, 0.05) is 17.6 Å². The summed E-state index contributed by atoms with van der Waals surface area (Å²) in [4.78, 5) is 31.5. The van der Waals surface area contributed by atoms with Gasteiger partial charge in [0.05, 0.1) is 13.2 Å². The fraction of sp³-hybridized carbons (Fsp3) is 0.353. The zero-order chi connectivity index (χ0) is 17.1. The summed E-state index contributed by atoms with van der Waals surface area (Å²) < 4.78 is 5.25. The number of carbonyl (C=O) groups is 2. The standard InChI is InChI=1S/C17H19N3O3S/c1-11-10-18-17(24-11)19-15(21)16(22)20-8-4-7-14(20)12-5-3-6-13(9-12)23-2/h3,5-6,9-10,14H,4,7-8H2,1-2H3,(H,18,19,21)/t14-/m0/s1.